The minimum atomic E-state index is -0.482. The molecule has 0 aliphatic carbocycles. The number of nitrogens with one attached hydrogen (secondary N) is 2. The van der Waals surface area contributed by atoms with Crippen molar-refractivity contribution in [1.29, 1.82) is 0 Å². The summed E-state index contributed by atoms with van der Waals surface area (Å²) in [5, 5.41) is 17.8. The summed E-state index contributed by atoms with van der Waals surface area (Å²) in [4.78, 5) is 22.0. The highest BCUT2D eigenvalue weighted by atomic mass is 16.6. The molecule has 0 saturated heterocycles. The lowest BCUT2D eigenvalue weighted by molar-refractivity contribution is -0.385. The molecule has 0 atom stereocenters. The summed E-state index contributed by atoms with van der Waals surface area (Å²) >= 11 is 0. The highest BCUT2D eigenvalue weighted by Gasteiger charge is 2.22. The van der Waals surface area contributed by atoms with Gasteiger partial charge in [0.25, 0.3) is 0 Å². The first-order valence-corrected chi connectivity index (χ1v) is 10.0. The number of ether oxygens (including phenoxy) is 1. The monoisotopic (exact) mass is 422 g/mol. The Kier molecular flexibility index (Phi) is 6.86. The highest BCUT2D eigenvalue weighted by Crippen LogP contribution is 2.31. The molecule has 0 fully saturated rings. The van der Waals surface area contributed by atoms with Crippen LogP contribution in [-0.4, -0.2) is 35.1 Å². The molecular weight excluding hydrogens is 396 g/mol. The van der Waals surface area contributed by atoms with Crippen LogP contribution in [0.15, 0.2) is 48.5 Å². The Morgan fingerprint density at radius 1 is 0.968 bits per heavy atom. The van der Waals surface area contributed by atoms with Crippen molar-refractivity contribution in [1.82, 2.24) is 9.97 Å². The second-order valence-electron chi connectivity index (χ2n) is 6.78. The third-order valence-corrected chi connectivity index (χ3v) is 4.85. The van der Waals surface area contributed by atoms with Crippen molar-refractivity contribution in [3.05, 3.63) is 64.3 Å². The van der Waals surface area contributed by atoms with Gasteiger partial charge in [0, 0.05) is 30.2 Å². The summed E-state index contributed by atoms with van der Waals surface area (Å²) < 4.78 is 5.15. The summed E-state index contributed by atoms with van der Waals surface area (Å²) in [6.45, 7) is 7.66. The molecule has 2 N–H and O–H groups in total. The molecule has 0 saturated carbocycles. The molecule has 2 aromatic carbocycles. The number of anilines is 5. The minimum Gasteiger partial charge on any atom is -0.497 e. The van der Waals surface area contributed by atoms with Crippen molar-refractivity contribution in [2.45, 2.75) is 20.8 Å². The van der Waals surface area contributed by atoms with Gasteiger partial charge in [-0.2, -0.15) is 4.98 Å². The molecule has 1 aromatic heterocycles. The molecule has 0 radical (unpaired) electrons. The van der Waals surface area contributed by atoms with E-state index >= 15 is 0 Å². The Balaban J connectivity index is 1.88. The highest BCUT2D eigenvalue weighted by molar-refractivity contribution is 5.70. The maximum atomic E-state index is 11.6. The summed E-state index contributed by atoms with van der Waals surface area (Å²) in [6.07, 6.45) is 0. The first-order chi connectivity index (χ1) is 14.9. The predicted octanol–water partition coefficient (Wildman–Crippen LogP) is 5.04. The average Bonchev–Trinajstić information content (AvgIpc) is 2.76. The van der Waals surface area contributed by atoms with Gasteiger partial charge in [0.2, 0.25) is 11.8 Å². The van der Waals surface area contributed by atoms with Crippen molar-refractivity contribution >= 4 is 34.5 Å². The van der Waals surface area contributed by atoms with Crippen LogP contribution in [0.1, 0.15) is 19.5 Å². The molecule has 0 aliphatic heterocycles. The largest absolute Gasteiger partial charge is 0.497 e. The number of aromatic nitrogens is 2. The number of aryl methyl sites for hydroxylation is 1. The van der Waals surface area contributed by atoms with Crippen LogP contribution in [0.5, 0.6) is 5.75 Å². The van der Waals surface area contributed by atoms with E-state index in [1.807, 2.05) is 24.3 Å². The van der Waals surface area contributed by atoms with Crippen LogP contribution in [0.25, 0.3) is 0 Å². The number of nitro groups is 1. The second kappa shape index (κ2) is 9.75. The van der Waals surface area contributed by atoms with Gasteiger partial charge in [-0.3, -0.25) is 10.1 Å². The third kappa shape index (κ3) is 5.19. The molecule has 9 heteroatoms. The predicted molar refractivity (Wildman–Crippen MR) is 123 cm³/mol. The number of methoxy groups -OCH3 is 1. The molecule has 1 heterocycles. The van der Waals surface area contributed by atoms with Gasteiger partial charge in [0.15, 0.2) is 0 Å². The molecule has 3 aromatic rings. The fraction of sp³-hybridized carbons (Fsp3) is 0.273. The standard InChI is InChI=1S/C22H26N6O3/c1-5-27(6-2)18-11-7-17(8-12-18)25-22-23-15(3)20(28(29)30)21(26-22)24-16-9-13-19(31-4)14-10-16/h7-14H,5-6H2,1-4H3,(H2,23,24,25,26). The molecule has 31 heavy (non-hydrogen) atoms. The smallest absolute Gasteiger partial charge is 0.332 e. The quantitative estimate of drug-likeness (QED) is 0.365. The number of nitrogens with zero attached hydrogens (tertiary/aromatic N) is 4. The number of benzene rings is 2. The van der Waals surface area contributed by atoms with E-state index in [4.69, 9.17) is 4.74 Å². The van der Waals surface area contributed by atoms with Gasteiger partial charge in [0.05, 0.1) is 12.0 Å². The van der Waals surface area contributed by atoms with Crippen molar-refractivity contribution in [3.63, 3.8) is 0 Å². The van der Waals surface area contributed by atoms with Gasteiger partial charge in [0.1, 0.15) is 11.4 Å². The molecule has 0 spiro atoms. The Hall–Kier alpha value is -3.88. The Morgan fingerprint density at radius 3 is 2.10 bits per heavy atom. The lowest BCUT2D eigenvalue weighted by atomic mass is 10.2. The lowest BCUT2D eigenvalue weighted by Gasteiger charge is -2.21. The fourth-order valence-electron chi connectivity index (χ4n) is 3.21. The summed E-state index contributed by atoms with van der Waals surface area (Å²) in [7, 11) is 1.58. The van der Waals surface area contributed by atoms with Crippen LogP contribution in [-0.2, 0) is 0 Å². The van der Waals surface area contributed by atoms with Crippen molar-refractivity contribution in [3.8, 4) is 5.75 Å². The van der Waals surface area contributed by atoms with Gasteiger partial charge in [-0.1, -0.05) is 0 Å². The fourth-order valence-corrected chi connectivity index (χ4v) is 3.21. The van der Waals surface area contributed by atoms with Gasteiger partial charge < -0.3 is 20.3 Å². The summed E-state index contributed by atoms with van der Waals surface area (Å²) in [6, 6.07) is 15.0. The Bertz CT molecular complexity index is 1030. The first kappa shape index (κ1) is 21.8. The average molecular weight is 422 g/mol. The maximum Gasteiger partial charge on any atom is 0.332 e. The first-order valence-electron chi connectivity index (χ1n) is 10.0. The van der Waals surface area contributed by atoms with Crippen LogP contribution in [0.4, 0.5) is 34.5 Å². The molecule has 0 aliphatic rings. The zero-order valence-corrected chi connectivity index (χ0v) is 18.0. The lowest BCUT2D eigenvalue weighted by Crippen LogP contribution is -2.21. The van der Waals surface area contributed by atoms with Crippen LogP contribution >= 0.6 is 0 Å². The van der Waals surface area contributed by atoms with Crippen LogP contribution in [0.3, 0.4) is 0 Å². The van der Waals surface area contributed by atoms with E-state index in [-0.39, 0.29) is 23.1 Å². The van der Waals surface area contributed by atoms with Gasteiger partial charge in [-0.15, -0.1) is 0 Å². The molecule has 0 amide bonds. The van der Waals surface area contributed by atoms with Gasteiger partial charge in [-0.05, 0) is 69.3 Å². The molecule has 162 valence electrons. The van der Waals surface area contributed by atoms with E-state index in [0.717, 1.165) is 24.5 Å². The van der Waals surface area contributed by atoms with Crippen LogP contribution in [0.2, 0.25) is 0 Å². The van der Waals surface area contributed by atoms with Gasteiger partial charge >= 0.3 is 5.69 Å². The Morgan fingerprint density at radius 2 is 1.55 bits per heavy atom. The molecule has 0 bridgehead atoms. The van der Waals surface area contributed by atoms with E-state index in [0.29, 0.717) is 11.4 Å². The second-order valence-corrected chi connectivity index (χ2v) is 6.78. The van der Waals surface area contributed by atoms with E-state index in [1.54, 1.807) is 38.3 Å². The third-order valence-electron chi connectivity index (χ3n) is 4.85. The van der Waals surface area contributed by atoms with Crippen molar-refractivity contribution in [2.24, 2.45) is 0 Å². The van der Waals surface area contributed by atoms with Crippen molar-refractivity contribution in [2.75, 3.05) is 35.7 Å². The molecule has 0 unspecified atom stereocenters. The van der Waals surface area contributed by atoms with Crippen molar-refractivity contribution < 1.29 is 9.66 Å². The number of rotatable bonds is 9. The van der Waals surface area contributed by atoms with Gasteiger partial charge in [-0.25, -0.2) is 4.98 Å². The van der Waals surface area contributed by atoms with E-state index < -0.39 is 4.92 Å². The van der Waals surface area contributed by atoms with Crippen LogP contribution < -0.4 is 20.3 Å². The SMILES string of the molecule is CCN(CC)c1ccc(Nc2nc(C)c([N+](=O)[O-])c(Nc3ccc(OC)cc3)n2)cc1. The zero-order valence-electron chi connectivity index (χ0n) is 18.0. The minimum absolute atomic E-state index is 0.116. The Labute approximate surface area is 181 Å². The number of hydrogen-bond donors (Lipinski definition) is 2. The number of hydrogen-bond acceptors (Lipinski definition) is 8. The van der Waals surface area contributed by atoms with Crippen LogP contribution in [0, 0.1) is 17.0 Å². The summed E-state index contributed by atoms with van der Waals surface area (Å²) in [5.41, 5.74) is 2.66. The maximum absolute atomic E-state index is 11.6. The van der Waals surface area contributed by atoms with E-state index in [9.17, 15) is 10.1 Å². The normalized spacial score (nSPS) is 10.5. The summed E-state index contributed by atoms with van der Waals surface area (Å²) in [5.74, 6) is 1.08. The molecule has 9 nitrogen and oxygen atoms in total. The molecule has 3 rings (SSSR count). The van der Waals surface area contributed by atoms with E-state index in [2.05, 4.69) is 39.3 Å². The zero-order chi connectivity index (χ0) is 22.4. The van der Waals surface area contributed by atoms with E-state index in [1.165, 1.54) is 0 Å². The molecular formula is C22H26N6O3. The topological polar surface area (TPSA) is 105 Å².